The molecule has 1 aliphatic heterocycles. The van der Waals surface area contributed by atoms with E-state index in [0.717, 1.165) is 6.42 Å². The highest BCUT2D eigenvalue weighted by Crippen LogP contribution is 2.34. The molecule has 0 aliphatic carbocycles. The van der Waals surface area contributed by atoms with Crippen molar-refractivity contribution < 1.29 is 38.5 Å². The van der Waals surface area contributed by atoms with Crippen molar-refractivity contribution in [2.45, 2.75) is 85.9 Å². The number of para-hydroxylation sites is 1. The van der Waals surface area contributed by atoms with Crippen molar-refractivity contribution in [2.24, 2.45) is 10.8 Å². The summed E-state index contributed by atoms with van der Waals surface area (Å²) in [7, 11) is 0. The number of carbonyl (C=O) groups is 4. The molecule has 1 saturated heterocycles. The first-order chi connectivity index (χ1) is 21.4. The lowest BCUT2D eigenvalue weighted by Crippen LogP contribution is -2.54. The standard InChI is InChI=1S/C35H49N3O8.BrH/c1-33(2,3)31(42)45-27-17-16-23(19-28(27)46-32(43)34(4,5)6)26(39)20-37-35(7,8)22-36-30(41)25-15-12-18-38(25)29(40)21-44-24-13-10-9-11-14-24;/h9-11,13-14,16-17,19,25-26,37,39H,12,15,18,20-22H2,1-8H3,(H,36,41);1H. The van der Waals surface area contributed by atoms with Gasteiger partial charge in [0.1, 0.15) is 11.8 Å². The highest BCUT2D eigenvalue weighted by Gasteiger charge is 2.35. The molecule has 1 fully saturated rings. The highest BCUT2D eigenvalue weighted by atomic mass is 79.9. The Balaban J connectivity index is 0.00000768. The number of nitrogens with zero attached hydrogens (tertiary/aromatic N) is 1. The van der Waals surface area contributed by atoms with Gasteiger partial charge in [-0.2, -0.15) is 0 Å². The minimum Gasteiger partial charge on any atom is -0.484 e. The fourth-order valence-corrected chi connectivity index (χ4v) is 4.46. The second-order valence-corrected chi connectivity index (χ2v) is 14.3. The number of amides is 2. The van der Waals surface area contributed by atoms with Crippen LogP contribution in [0.25, 0.3) is 0 Å². The van der Waals surface area contributed by atoms with E-state index in [1.165, 1.54) is 12.1 Å². The molecule has 3 rings (SSSR count). The topological polar surface area (TPSA) is 144 Å². The molecule has 1 heterocycles. The predicted molar refractivity (Wildman–Crippen MR) is 184 cm³/mol. The quantitative estimate of drug-likeness (QED) is 0.209. The van der Waals surface area contributed by atoms with Crippen LogP contribution < -0.4 is 24.8 Å². The van der Waals surface area contributed by atoms with Gasteiger partial charge in [-0.3, -0.25) is 19.2 Å². The zero-order valence-electron chi connectivity index (χ0n) is 28.7. The summed E-state index contributed by atoms with van der Waals surface area (Å²) < 4.78 is 16.7. The van der Waals surface area contributed by atoms with Gasteiger partial charge in [0, 0.05) is 25.2 Å². The van der Waals surface area contributed by atoms with E-state index in [1.54, 1.807) is 64.6 Å². The van der Waals surface area contributed by atoms with Crippen molar-refractivity contribution in [1.82, 2.24) is 15.5 Å². The Hall–Kier alpha value is -3.48. The number of rotatable bonds is 12. The second kappa shape index (κ2) is 16.6. The van der Waals surface area contributed by atoms with Crippen molar-refractivity contribution in [3.8, 4) is 17.2 Å². The molecule has 0 radical (unpaired) electrons. The van der Waals surface area contributed by atoms with Crippen molar-refractivity contribution >= 4 is 40.7 Å². The number of benzene rings is 2. The van der Waals surface area contributed by atoms with Gasteiger partial charge in [-0.1, -0.05) is 24.3 Å². The van der Waals surface area contributed by atoms with Crippen LogP contribution in [0.2, 0.25) is 0 Å². The van der Waals surface area contributed by atoms with Crippen LogP contribution in [0.4, 0.5) is 0 Å². The number of nitrogens with one attached hydrogen (secondary N) is 2. The van der Waals surface area contributed by atoms with Crippen LogP contribution in [0.1, 0.15) is 79.9 Å². The summed E-state index contributed by atoms with van der Waals surface area (Å²) in [4.78, 5) is 52.7. The van der Waals surface area contributed by atoms with Crippen LogP contribution in [-0.2, 0) is 19.2 Å². The molecule has 2 aromatic carbocycles. The predicted octanol–water partition coefficient (Wildman–Crippen LogP) is 4.76. The molecule has 2 atom stereocenters. The van der Waals surface area contributed by atoms with Crippen molar-refractivity contribution in [3.63, 3.8) is 0 Å². The molecule has 0 bridgehead atoms. The number of likely N-dealkylation sites (tertiary alicyclic amines) is 1. The van der Waals surface area contributed by atoms with Crippen LogP contribution in [0.15, 0.2) is 48.5 Å². The summed E-state index contributed by atoms with van der Waals surface area (Å²) in [6.45, 7) is 14.8. The Morgan fingerprint density at radius 3 is 2.09 bits per heavy atom. The number of hydrogen-bond acceptors (Lipinski definition) is 9. The lowest BCUT2D eigenvalue weighted by molar-refractivity contribution is -0.145. The van der Waals surface area contributed by atoms with Crippen LogP contribution in [0, 0.1) is 10.8 Å². The molecule has 47 heavy (non-hydrogen) atoms. The van der Waals surface area contributed by atoms with Gasteiger partial charge in [0.2, 0.25) is 5.91 Å². The summed E-state index contributed by atoms with van der Waals surface area (Å²) in [5.74, 6) is -0.798. The van der Waals surface area contributed by atoms with Gasteiger partial charge in [-0.05, 0) is 98.1 Å². The minimum absolute atomic E-state index is 0. The number of β-amino-alcohol motifs (C(OH)–C–C–N with tert-alkyl or cyclic N) is 1. The first kappa shape index (κ1) is 39.7. The Bertz CT molecular complexity index is 1390. The van der Waals surface area contributed by atoms with Crippen LogP contribution >= 0.6 is 17.0 Å². The van der Waals surface area contributed by atoms with E-state index in [-0.39, 0.29) is 60.0 Å². The molecule has 0 aromatic heterocycles. The molecule has 260 valence electrons. The number of esters is 2. The third-order valence-corrected chi connectivity index (χ3v) is 7.44. The maximum Gasteiger partial charge on any atom is 0.316 e. The van der Waals surface area contributed by atoms with Gasteiger partial charge < -0.3 is 34.9 Å². The van der Waals surface area contributed by atoms with Crippen LogP contribution in [0.5, 0.6) is 17.2 Å². The third-order valence-electron chi connectivity index (χ3n) is 7.44. The molecule has 0 spiro atoms. The van der Waals surface area contributed by atoms with Gasteiger partial charge in [0.05, 0.1) is 16.9 Å². The molecule has 0 saturated carbocycles. The Kier molecular flexibility index (Phi) is 14.0. The Morgan fingerprint density at radius 2 is 1.49 bits per heavy atom. The lowest BCUT2D eigenvalue weighted by Gasteiger charge is -2.30. The van der Waals surface area contributed by atoms with E-state index in [0.29, 0.717) is 24.3 Å². The SMILES string of the molecule is Br.CC(C)(CNC(=O)C1CCCN1C(=O)COc1ccccc1)NCC(O)c1ccc(OC(=O)C(C)(C)C)c(OC(=O)C(C)(C)C)c1. The van der Waals surface area contributed by atoms with E-state index < -0.39 is 40.5 Å². The Morgan fingerprint density at radius 1 is 0.894 bits per heavy atom. The van der Waals surface area contributed by atoms with E-state index in [4.69, 9.17) is 14.2 Å². The van der Waals surface area contributed by atoms with Gasteiger partial charge in [0.15, 0.2) is 18.1 Å². The normalized spacial score (nSPS) is 15.7. The van der Waals surface area contributed by atoms with Crippen molar-refractivity contribution in [3.05, 3.63) is 54.1 Å². The second-order valence-electron chi connectivity index (χ2n) is 14.3. The van der Waals surface area contributed by atoms with E-state index >= 15 is 0 Å². The fourth-order valence-electron chi connectivity index (χ4n) is 4.46. The molecular weight excluding hydrogens is 670 g/mol. The maximum atomic E-state index is 13.1. The van der Waals surface area contributed by atoms with Gasteiger partial charge in [-0.15, -0.1) is 17.0 Å². The molecule has 2 unspecified atom stereocenters. The van der Waals surface area contributed by atoms with E-state index in [2.05, 4.69) is 10.6 Å². The summed E-state index contributed by atoms with van der Waals surface area (Å²) in [5, 5.41) is 17.2. The van der Waals surface area contributed by atoms with E-state index in [1.807, 2.05) is 32.0 Å². The highest BCUT2D eigenvalue weighted by molar-refractivity contribution is 8.93. The monoisotopic (exact) mass is 719 g/mol. The average molecular weight is 721 g/mol. The molecular formula is C35H50BrN3O8. The number of carbonyl (C=O) groups excluding carboxylic acids is 4. The molecule has 11 nitrogen and oxygen atoms in total. The number of ether oxygens (including phenoxy) is 3. The summed E-state index contributed by atoms with van der Waals surface area (Å²) in [6, 6.07) is 13.1. The average Bonchev–Trinajstić information content (AvgIpc) is 3.48. The number of aliphatic hydroxyl groups excluding tert-OH is 1. The maximum absolute atomic E-state index is 13.1. The van der Waals surface area contributed by atoms with Crippen molar-refractivity contribution in [1.29, 1.82) is 0 Å². The largest absolute Gasteiger partial charge is 0.484 e. The van der Waals surface area contributed by atoms with Crippen LogP contribution in [-0.4, -0.2) is 71.6 Å². The summed E-state index contributed by atoms with van der Waals surface area (Å²) >= 11 is 0. The zero-order chi connectivity index (χ0) is 34.3. The zero-order valence-corrected chi connectivity index (χ0v) is 30.4. The molecule has 12 heteroatoms. The molecule has 1 aliphatic rings. The molecule has 2 amide bonds. The molecule has 3 N–H and O–H groups in total. The minimum atomic E-state index is -1.01. The van der Waals surface area contributed by atoms with Gasteiger partial charge >= 0.3 is 11.9 Å². The van der Waals surface area contributed by atoms with Gasteiger partial charge in [0.25, 0.3) is 5.91 Å². The molecule has 2 aromatic rings. The van der Waals surface area contributed by atoms with E-state index in [9.17, 15) is 24.3 Å². The van der Waals surface area contributed by atoms with Crippen LogP contribution in [0.3, 0.4) is 0 Å². The number of halogens is 1. The smallest absolute Gasteiger partial charge is 0.316 e. The third kappa shape index (κ3) is 11.9. The number of hydrogen-bond donors (Lipinski definition) is 3. The summed E-state index contributed by atoms with van der Waals surface area (Å²) in [5.41, 5.74) is -1.77. The lowest BCUT2D eigenvalue weighted by atomic mass is 9.97. The number of aliphatic hydroxyl groups is 1. The first-order valence-electron chi connectivity index (χ1n) is 15.6. The Labute approximate surface area is 288 Å². The summed E-state index contributed by atoms with van der Waals surface area (Å²) in [6.07, 6.45) is 0.283. The van der Waals surface area contributed by atoms with Crippen molar-refractivity contribution in [2.75, 3.05) is 26.2 Å². The van der Waals surface area contributed by atoms with Gasteiger partial charge in [-0.25, -0.2) is 0 Å². The first-order valence-corrected chi connectivity index (χ1v) is 15.6. The fraction of sp³-hybridized carbons (Fsp3) is 0.543.